The van der Waals surface area contributed by atoms with Gasteiger partial charge in [-0.2, -0.15) is 0 Å². The third kappa shape index (κ3) is 9.36. The Balaban J connectivity index is 4.70. The first kappa shape index (κ1) is 23.8. The molecule has 3 atom stereocenters. The van der Waals surface area contributed by atoms with Crippen LogP contribution in [0.4, 0.5) is 0 Å². The van der Waals surface area contributed by atoms with E-state index in [1.54, 1.807) is 27.8 Å². The summed E-state index contributed by atoms with van der Waals surface area (Å²) in [5.74, 6) is -2.32. The van der Waals surface area contributed by atoms with Crippen LogP contribution in [-0.4, -0.2) is 60.5 Å². The van der Waals surface area contributed by atoms with Crippen molar-refractivity contribution >= 4 is 23.7 Å². The summed E-state index contributed by atoms with van der Waals surface area (Å²) in [6.07, 6.45) is 1.39. The molecule has 0 aromatic heterocycles. The molecular formula is C17H32N4O5. The van der Waals surface area contributed by atoms with E-state index in [9.17, 15) is 24.3 Å². The number of carbonyl (C=O) groups excluding carboxylic acids is 3. The van der Waals surface area contributed by atoms with E-state index in [-0.39, 0.29) is 24.2 Å². The lowest BCUT2D eigenvalue weighted by Crippen LogP contribution is -2.56. The zero-order chi connectivity index (χ0) is 20.3. The molecular weight excluding hydrogens is 340 g/mol. The zero-order valence-electron chi connectivity index (χ0n) is 16.2. The van der Waals surface area contributed by atoms with Gasteiger partial charge in [0.15, 0.2) is 0 Å². The fourth-order valence-electron chi connectivity index (χ4n) is 2.20. The van der Waals surface area contributed by atoms with Crippen molar-refractivity contribution in [3.05, 3.63) is 0 Å². The maximum absolute atomic E-state index is 12.5. The van der Waals surface area contributed by atoms with Crippen molar-refractivity contribution in [2.45, 2.75) is 65.1 Å². The standard InChI is InChI=1S/C17H32N4O5/c1-10(2)14(21-15(23)11(3)18-5)16(24)20-13(17(25)26)8-6-7-9-19-12(4)22/h10-11,13-14,18H,6-9H2,1-5H3,(H,19,22)(H,20,24)(H,21,23)(H,25,26). The summed E-state index contributed by atoms with van der Waals surface area (Å²) in [4.78, 5) is 46.6. The fraction of sp³-hybridized carbons (Fsp3) is 0.765. The molecule has 3 amide bonds. The molecule has 9 nitrogen and oxygen atoms in total. The molecule has 26 heavy (non-hydrogen) atoms. The largest absolute Gasteiger partial charge is 0.480 e. The summed E-state index contributed by atoms with van der Waals surface area (Å²) < 4.78 is 0. The molecule has 0 aromatic carbocycles. The number of carboxylic acids is 1. The van der Waals surface area contributed by atoms with E-state index < -0.39 is 30.0 Å². The lowest BCUT2D eigenvalue weighted by atomic mass is 10.0. The van der Waals surface area contributed by atoms with Crippen molar-refractivity contribution in [1.82, 2.24) is 21.3 Å². The van der Waals surface area contributed by atoms with Crippen LogP contribution in [0.5, 0.6) is 0 Å². The molecule has 0 fully saturated rings. The van der Waals surface area contributed by atoms with Crippen LogP contribution < -0.4 is 21.3 Å². The number of likely N-dealkylation sites (N-methyl/N-ethyl adjacent to an activating group) is 1. The molecule has 0 aliphatic rings. The lowest BCUT2D eigenvalue weighted by Gasteiger charge is -2.25. The summed E-state index contributed by atoms with van der Waals surface area (Å²) in [7, 11) is 1.64. The van der Waals surface area contributed by atoms with Crippen LogP contribution in [-0.2, 0) is 19.2 Å². The maximum atomic E-state index is 12.5. The molecule has 5 N–H and O–H groups in total. The van der Waals surface area contributed by atoms with Gasteiger partial charge < -0.3 is 26.4 Å². The second kappa shape index (κ2) is 12.2. The number of carbonyl (C=O) groups is 4. The van der Waals surface area contributed by atoms with Gasteiger partial charge in [-0.15, -0.1) is 0 Å². The quantitative estimate of drug-likeness (QED) is 0.296. The van der Waals surface area contributed by atoms with Crippen molar-refractivity contribution in [2.75, 3.05) is 13.6 Å². The number of hydrogen-bond donors (Lipinski definition) is 5. The molecule has 0 rings (SSSR count). The number of rotatable bonds is 12. The molecule has 0 bridgehead atoms. The summed E-state index contributed by atoms with van der Waals surface area (Å²) in [5, 5.41) is 19.9. The molecule has 0 saturated carbocycles. The Hall–Kier alpha value is -2.16. The topological polar surface area (TPSA) is 137 Å². The van der Waals surface area contributed by atoms with E-state index in [1.165, 1.54) is 6.92 Å². The predicted molar refractivity (Wildman–Crippen MR) is 97.4 cm³/mol. The van der Waals surface area contributed by atoms with Gasteiger partial charge in [0.1, 0.15) is 12.1 Å². The number of amides is 3. The highest BCUT2D eigenvalue weighted by Gasteiger charge is 2.29. The monoisotopic (exact) mass is 372 g/mol. The molecule has 0 saturated heterocycles. The molecule has 3 unspecified atom stereocenters. The Morgan fingerprint density at radius 1 is 0.962 bits per heavy atom. The Morgan fingerprint density at radius 3 is 2.04 bits per heavy atom. The first-order chi connectivity index (χ1) is 12.1. The van der Waals surface area contributed by atoms with Gasteiger partial charge in [0, 0.05) is 13.5 Å². The lowest BCUT2D eigenvalue weighted by molar-refractivity contribution is -0.142. The van der Waals surface area contributed by atoms with Crippen LogP contribution in [0.1, 0.15) is 47.0 Å². The number of aliphatic carboxylic acids is 1. The van der Waals surface area contributed by atoms with Crippen molar-refractivity contribution in [3.63, 3.8) is 0 Å². The van der Waals surface area contributed by atoms with Gasteiger partial charge in [-0.05, 0) is 39.2 Å². The summed E-state index contributed by atoms with van der Waals surface area (Å²) in [6, 6.07) is -2.33. The van der Waals surface area contributed by atoms with E-state index in [0.717, 1.165) is 0 Å². The number of unbranched alkanes of at least 4 members (excludes halogenated alkanes) is 1. The van der Waals surface area contributed by atoms with Crippen LogP contribution >= 0.6 is 0 Å². The molecule has 0 heterocycles. The number of carboxylic acid groups (broad SMARTS) is 1. The van der Waals surface area contributed by atoms with Crippen molar-refractivity contribution in [1.29, 1.82) is 0 Å². The van der Waals surface area contributed by atoms with Crippen molar-refractivity contribution in [2.24, 2.45) is 5.92 Å². The minimum atomic E-state index is -1.13. The molecule has 150 valence electrons. The number of hydrogen-bond acceptors (Lipinski definition) is 5. The van der Waals surface area contributed by atoms with Crippen molar-refractivity contribution < 1.29 is 24.3 Å². The third-order valence-electron chi connectivity index (χ3n) is 3.98. The number of nitrogens with one attached hydrogen (secondary N) is 4. The Labute approximate surface area is 154 Å². The van der Waals surface area contributed by atoms with Crippen LogP contribution in [0, 0.1) is 5.92 Å². The molecule has 0 aliphatic heterocycles. The highest BCUT2D eigenvalue weighted by Crippen LogP contribution is 2.06. The summed E-state index contributed by atoms with van der Waals surface area (Å²) >= 11 is 0. The normalized spacial score (nSPS) is 14.2. The molecule has 0 radical (unpaired) electrons. The van der Waals surface area contributed by atoms with E-state index in [1.807, 2.05) is 0 Å². The zero-order valence-corrected chi connectivity index (χ0v) is 16.2. The predicted octanol–water partition coefficient (Wildman–Crippen LogP) is -0.389. The fourth-order valence-corrected chi connectivity index (χ4v) is 2.20. The van der Waals surface area contributed by atoms with Gasteiger partial charge in [-0.1, -0.05) is 13.8 Å². The average molecular weight is 372 g/mol. The second-order valence-corrected chi connectivity index (χ2v) is 6.62. The summed E-state index contributed by atoms with van der Waals surface area (Å²) in [6.45, 7) is 7.09. The molecule has 0 aliphatic carbocycles. The van der Waals surface area contributed by atoms with E-state index in [2.05, 4.69) is 21.3 Å². The first-order valence-electron chi connectivity index (χ1n) is 8.85. The van der Waals surface area contributed by atoms with Gasteiger partial charge in [0.05, 0.1) is 6.04 Å². The second-order valence-electron chi connectivity index (χ2n) is 6.62. The van der Waals surface area contributed by atoms with Gasteiger partial charge in [0.2, 0.25) is 17.7 Å². The Kier molecular flexibility index (Phi) is 11.2. The minimum absolute atomic E-state index is 0.139. The maximum Gasteiger partial charge on any atom is 0.326 e. The van der Waals surface area contributed by atoms with E-state index >= 15 is 0 Å². The van der Waals surface area contributed by atoms with Gasteiger partial charge in [-0.25, -0.2) is 4.79 Å². The van der Waals surface area contributed by atoms with Crippen LogP contribution in [0.25, 0.3) is 0 Å². The minimum Gasteiger partial charge on any atom is -0.480 e. The molecule has 0 spiro atoms. The first-order valence-corrected chi connectivity index (χ1v) is 8.85. The van der Waals surface area contributed by atoms with Gasteiger partial charge in [0.25, 0.3) is 0 Å². The van der Waals surface area contributed by atoms with Crippen molar-refractivity contribution in [3.8, 4) is 0 Å². The summed E-state index contributed by atoms with van der Waals surface area (Å²) in [5.41, 5.74) is 0. The van der Waals surface area contributed by atoms with Gasteiger partial charge >= 0.3 is 5.97 Å². The highest BCUT2D eigenvalue weighted by molar-refractivity contribution is 5.91. The van der Waals surface area contributed by atoms with Gasteiger partial charge in [-0.3, -0.25) is 14.4 Å². The molecule has 9 heteroatoms. The Bertz CT molecular complexity index is 496. The van der Waals surface area contributed by atoms with Crippen LogP contribution in [0.3, 0.4) is 0 Å². The SMILES string of the molecule is CNC(C)C(=O)NC(C(=O)NC(CCCCNC(C)=O)C(=O)O)C(C)C. The van der Waals surface area contributed by atoms with Crippen LogP contribution in [0.15, 0.2) is 0 Å². The smallest absolute Gasteiger partial charge is 0.326 e. The average Bonchev–Trinajstić information content (AvgIpc) is 2.56. The highest BCUT2D eigenvalue weighted by atomic mass is 16.4. The van der Waals surface area contributed by atoms with E-state index in [0.29, 0.717) is 19.4 Å². The van der Waals surface area contributed by atoms with E-state index in [4.69, 9.17) is 0 Å². The van der Waals surface area contributed by atoms with Crippen LogP contribution in [0.2, 0.25) is 0 Å². The molecule has 0 aromatic rings. The third-order valence-corrected chi connectivity index (χ3v) is 3.98. The Morgan fingerprint density at radius 2 is 1.58 bits per heavy atom.